The van der Waals surface area contributed by atoms with Crippen molar-refractivity contribution < 1.29 is 4.39 Å². The lowest BCUT2D eigenvalue weighted by Crippen LogP contribution is -2.38. The first-order valence-electron chi connectivity index (χ1n) is 4.61. The Morgan fingerprint density at radius 2 is 2.27 bits per heavy atom. The van der Waals surface area contributed by atoms with Crippen molar-refractivity contribution in [1.82, 2.24) is 5.32 Å². The van der Waals surface area contributed by atoms with E-state index in [4.69, 9.17) is 0 Å². The van der Waals surface area contributed by atoms with Gasteiger partial charge in [-0.3, -0.25) is 0 Å². The molecule has 0 aromatic carbocycles. The van der Waals surface area contributed by atoms with Gasteiger partial charge in [0.2, 0.25) is 0 Å². The molecule has 2 atom stereocenters. The minimum absolute atomic E-state index is 0.133. The van der Waals surface area contributed by atoms with Crippen LogP contribution in [-0.4, -0.2) is 18.3 Å². The normalized spacial score (nSPS) is 37.9. The first kappa shape index (κ1) is 8.98. The van der Waals surface area contributed by atoms with Crippen LogP contribution in [0.2, 0.25) is 0 Å². The van der Waals surface area contributed by atoms with Gasteiger partial charge >= 0.3 is 0 Å². The molecule has 1 N–H and O–H groups in total. The molecule has 0 aliphatic carbocycles. The van der Waals surface area contributed by atoms with E-state index in [9.17, 15) is 4.39 Å². The molecule has 0 radical (unpaired) electrons. The fourth-order valence-corrected chi connectivity index (χ4v) is 2.01. The van der Waals surface area contributed by atoms with E-state index < -0.39 is 6.17 Å². The Bertz CT molecular complexity index is 123. The summed E-state index contributed by atoms with van der Waals surface area (Å²) in [5.41, 5.74) is 0.133. The van der Waals surface area contributed by atoms with Gasteiger partial charge in [0.1, 0.15) is 6.17 Å². The van der Waals surface area contributed by atoms with Gasteiger partial charge in [-0.1, -0.05) is 20.3 Å². The van der Waals surface area contributed by atoms with E-state index in [0.29, 0.717) is 6.54 Å². The molecule has 0 amide bonds. The van der Waals surface area contributed by atoms with Gasteiger partial charge in [0, 0.05) is 12.1 Å². The molecule has 1 fully saturated rings. The summed E-state index contributed by atoms with van der Waals surface area (Å²) < 4.78 is 12.9. The van der Waals surface area contributed by atoms with Gasteiger partial charge in [-0.25, -0.2) is 4.39 Å². The van der Waals surface area contributed by atoms with Gasteiger partial charge in [-0.2, -0.15) is 0 Å². The lowest BCUT2D eigenvalue weighted by molar-refractivity contribution is 0.294. The van der Waals surface area contributed by atoms with Crippen molar-refractivity contribution >= 4 is 0 Å². The van der Waals surface area contributed by atoms with Crippen LogP contribution in [0, 0.1) is 0 Å². The Morgan fingerprint density at radius 3 is 2.64 bits per heavy atom. The minimum atomic E-state index is -0.610. The molecule has 0 spiro atoms. The number of hydrogen-bond acceptors (Lipinski definition) is 1. The predicted molar refractivity (Wildman–Crippen MR) is 45.4 cm³/mol. The summed E-state index contributed by atoms with van der Waals surface area (Å²) in [7, 11) is 0. The van der Waals surface area contributed by atoms with Crippen molar-refractivity contribution in [3.05, 3.63) is 0 Å². The fraction of sp³-hybridized carbons (Fsp3) is 1.00. The smallest absolute Gasteiger partial charge is 0.114 e. The highest BCUT2D eigenvalue weighted by molar-refractivity contribution is 4.95. The summed E-state index contributed by atoms with van der Waals surface area (Å²) in [5, 5.41) is 3.30. The van der Waals surface area contributed by atoms with E-state index in [1.807, 2.05) is 0 Å². The highest BCUT2D eigenvalue weighted by atomic mass is 19.1. The average molecular weight is 159 g/mol. The van der Waals surface area contributed by atoms with Crippen molar-refractivity contribution in [3.8, 4) is 0 Å². The van der Waals surface area contributed by atoms with Crippen LogP contribution in [0.3, 0.4) is 0 Å². The van der Waals surface area contributed by atoms with Crippen LogP contribution in [0.15, 0.2) is 0 Å². The van der Waals surface area contributed by atoms with Crippen LogP contribution in [-0.2, 0) is 0 Å². The molecule has 1 nitrogen and oxygen atoms in total. The number of rotatable bonds is 3. The maximum atomic E-state index is 12.9. The lowest BCUT2D eigenvalue weighted by Gasteiger charge is -2.27. The molecule has 1 heterocycles. The van der Waals surface area contributed by atoms with Crippen LogP contribution >= 0.6 is 0 Å². The molecule has 1 rings (SSSR count). The van der Waals surface area contributed by atoms with E-state index in [1.54, 1.807) is 0 Å². The highest BCUT2D eigenvalue weighted by Gasteiger charge is 2.36. The standard InChI is InChI=1S/C9H18FN/c1-3-5-9(4-2)6-8(10)7-11-9/h8,11H,3-7H2,1-2H3. The van der Waals surface area contributed by atoms with Gasteiger partial charge in [0.25, 0.3) is 0 Å². The molecule has 1 aliphatic heterocycles. The fourth-order valence-electron chi connectivity index (χ4n) is 2.01. The van der Waals surface area contributed by atoms with Crippen molar-refractivity contribution in [2.24, 2.45) is 0 Å². The summed E-state index contributed by atoms with van der Waals surface area (Å²) in [6.07, 6.45) is 3.43. The first-order valence-corrected chi connectivity index (χ1v) is 4.61. The molecule has 0 aromatic heterocycles. The van der Waals surface area contributed by atoms with Crippen LogP contribution in [0.4, 0.5) is 4.39 Å². The number of alkyl halides is 1. The summed E-state index contributed by atoms with van der Waals surface area (Å²) in [6, 6.07) is 0. The predicted octanol–water partition coefficient (Wildman–Crippen LogP) is 2.27. The molecule has 2 unspecified atom stereocenters. The average Bonchev–Trinajstić information content (AvgIpc) is 2.34. The molecule has 2 heteroatoms. The van der Waals surface area contributed by atoms with E-state index in [-0.39, 0.29) is 5.54 Å². The first-order chi connectivity index (χ1) is 5.22. The molecular formula is C9H18FN. The zero-order chi connectivity index (χ0) is 8.32. The number of halogens is 1. The van der Waals surface area contributed by atoms with Crippen LogP contribution in [0.25, 0.3) is 0 Å². The van der Waals surface area contributed by atoms with Crippen molar-refractivity contribution in [3.63, 3.8) is 0 Å². The topological polar surface area (TPSA) is 12.0 Å². The molecule has 0 aromatic rings. The third-order valence-corrected chi connectivity index (χ3v) is 2.72. The van der Waals surface area contributed by atoms with E-state index in [1.165, 1.54) is 0 Å². The van der Waals surface area contributed by atoms with Gasteiger partial charge < -0.3 is 5.32 Å². The van der Waals surface area contributed by atoms with E-state index in [2.05, 4.69) is 19.2 Å². The summed E-state index contributed by atoms with van der Waals surface area (Å²) in [6.45, 7) is 4.86. The van der Waals surface area contributed by atoms with Crippen LogP contribution in [0.5, 0.6) is 0 Å². The highest BCUT2D eigenvalue weighted by Crippen LogP contribution is 2.29. The summed E-state index contributed by atoms with van der Waals surface area (Å²) >= 11 is 0. The van der Waals surface area contributed by atoms with Crippen molar-refractivity contribution in [1.29, 1.82) is 0 Å². The minimum Gasteiger partial charge on any atom is -0.308 e. The Balaban J connectivity index is 2.48. The zero-order valence-corrected chi connectivity index (χ0v) is 7.49. The van der Waals surface area contributed by atoms with Gasteiger partial charge in [-0.05, 0) is 19.3 Å². The zero-order valence-electron chi connectivity index (χ0n) is 7.49. The Hall–Kier alpha value is -0.110. The second-order valence-corrected chi connectivity index (χ2v) is 3.57. The van der Waals surface area contributed by atoms with Gasteiger partial charge in [-0.15, -0.1) is 0 Å². The van der Waals surface area contributed by atoms with Crippen LogP contribution in [0.1, 0.15) is 39.5 Å². The molecule has 1 aliphatic rings. The number of hydrogen-bond donors (Lipinski definition) is 1. The van der Waals surface area contributed by atoms with Crippen molar-refractivity contribution in [2.75, 3.05) is 6.54 Å². The molecule has 1 saturated heterocycles. The SMILES string of the molecule is CCCC1(CC)CC(F)CN1. The largest absolute Gasteiger partial charge is 0.308 e. The quantitative estimate of drug-likeness (QED) is 0.666. The summed E-state index contributed by atoms with van der Waals surface area (Å²) in [4.78, 5) is 0. The van der Waals surface area contributed by atoms with Gasteiger partial charge in [0.05, 0.1) is 0 Å². The Kier molecular flexibility index (Phi) is 2.88. The molecule has 0 bridgehead atoms. The summed E-state index contributed by atoms with van der Waals surface area (Å²) in [5.74, 6) is 0. The maximum absolute atomic E-state index is 12.9. The molecule has 0 saturated carbocycles. The molecular weight excluding hydrogens is 141 g/mol. The third kappa shape index (κ3) is 1.92. The second-order valence-electron chi connectivity index (χ2n) is 3.57. The molecule has 11 heavy (non-hydrogen) atoms. The van der Waals surface area contributed by atoms with Gasteiger partial charge in [0.15, 0.2) is 0 Å². The van der Waals surface area contributed by atoms with Crippen LogP contribution < -0.4 is 5.32 Å². The van der Waals surface area contributed by atoms with E-state index >= 15 is 0 Å². The maximum Gasteiger partial charge on any atom is 0.114 e. The second kappa shape index (κ2) is 3.53. The molecule has 66 valence electrons. The Morgan fingerprint density at radius 1 is 1.55 bits per heavy atom. The monoisotopic (exact) mass is 159 g/mol. The lowest BCUT2D eigenvalue weighted by atomic mass is 9.89. The third-order valence-electron chi connectivity index (χ3n) is 2.72. The Labute approximate surface area is 68.4 Å². The van der Waals surface area contributed by atoms with Crippen molar-refractivity contribution in [2.45, 2.75) is 51.2 Å². The van der Waals surface area contributed by atoms with E-state index in [0.717, 1.165) is 25.7 Å². The number of nitrogens with one attached hydrogen (secondary N) is 1.